The number of nitro groups is 1. The van der Waals surface area contributed by atoms with Gasteiger partial charge in [0.05, 0.1) is 24.8 Å². The minimum absolute atomic E-state index is 0.104. The molecule has 0 amide bonds. The number of ether oxygens (including phenoxy) is 2. The van der Waals surface area contributed by atoms with Gasteiger partial charge in [0, 0.05) is 18.2 Å². The van der Waals surface area contributed by atoms with Gasteiger partial charge in [0.25, 0.3) is 5.69 Å². The van der Waals surface area contributed by atoms with Crippen LogP contribution in [0.4, 0.5) is 5.69 Å². The zero-order chi connectivity index (χ0) is 20.1. The Morgan fingerprint density at radius 1 is 0.929 bits per heavy atom. The third kappa shape index (κ3) is 3.86. The molecule has 0 unspecified atom stereocenters. The Balaban J connectivity index is 2.19. The van der Waals surface area contributed by atoms with Gasteiger partial charge in [0.15, 0.2) is 0 Å². The number of aromatic nitrogens is 1. The van der Waals surface area contributed by atoms with Gasteiger partial charge in [-0.3, -0.25) is 10.1 Å². The van der Waals surface area contributed by atoms with Gasteiger partial charge in [-0.1, -0.05) is 13.3 Å². The van der Waals surface area contributed by atoms with Gasteiger partial charge in [0.1, 0.15) is 17.2 Å². The van der Waals surface area contributed by atoms with Crippen molar-refractivity contribution < 1.29 is 14.4 Å². The van der Waals surface area contributed by atoms with Gasteiger partial charge in [-0.25, -0.2) is 0 Å². The number of benzene rings is 2. The molecule has 3 aromatic rings. The van der Waals surface area contributed by atoms with Crippen LogP contribution in [-0.4, -0.2) is 23.7 Å². The molecule has 0 N–H and O–H groups in total. The Bertz CT molecular complexity index is 944. The van der Waals surface area contributed by atoms with Crippen molar-refractivity contribution in [1.29, 1.82) is 0 Å². The average molecular weight is 380 g/mol. The molecular weight excluding hydrogens is 356 g/mol. The van der Waals surface area contributed by atoms with Crippen molar-refractivity contribution in [1.82, 2.24) is 4.57 Å². The predicted octanol–water partition coefficient (Wildman–Crippen LogP) is 5.55. The molecule has 0 spiro atoms. The predicted molar refractivity (Wildman–Crippen MR) is 110 cm³/mol. The van der Waals surface area contributed by atoms with E-state index >= 15 is 0 Å². The fourth-order valence-electron chi connectivity index (χ4n) is 3.28. The summed E-state index contributed by atoms with van der Waals surface area (Å²) in [6.07, 6.45) is 1.92. The fourth-order valence-corrected chi connectivity index (χ4v) is 3.28. The topological polar surface area (TPSA) is 66.5 Å². The third-order valence-electron chi connectivity index (χ3n) is 4.76. The molecule has 0 saturated carbocycles. The van der Waals surface area contributed by atoms with E-state index in [1.165, 1.54) is 0 Å². The van der Waals surface area contributed by atoms with Gasteiger partial charge >= 0.3 is 0 Å². The van der Waals surface area contributed by atoms with Gasteiger partial charge in [-0.05, 0) is 60.5 Å². The fraction of sp³-hybridized carbons (Fsp3) is 0.273. The number of unbranched alkanes of at least 4 members (excludes halogenated alkanes) is 1. The first-order valence-corrected chi connectivity index (χ1v) is 9.25. The van der Waals surface area contributed by atoms with Gasteiger partial charge in [0.2, 0.25) is 0 Å². The summed E-state index contributed by atoms with van der Waals surface area (Å²) >= 11 is 0. The molecule has 6 nitrogen and oxygen atoms in total. The second-order valence-corrected chi connectivity index (χ2v) is 6.48. The van der Waals surface area contributed by atoms with Crippen LogP contribution in [0.15, 0.2) is 54.6 Å². The Kier molecular flexibility index (Phi) is 5.99. The molecule has 0 saturated heterocycles. The summed E-state index contributed by atoms with van der Waals surface area (Å²) in [5, 5.41) is 11.8. The van der Waals surface area contributed by atoms with E-state index in [0.29, 0.717) is 18.0 Å². The van der Waals surface area contributed by atoms with Crippen LogP contribution in [0, 0.1) is 10.1 Å². The monoisotopic (exact) mass is 380 g/mol. The van der Waals surface area contributed by atoms with E-state index in [-0.39, 0.29) is 10.6 Å². The summed E-state index contributed by atoms with van der Waals surface area (Å²) in [6, 6.07) is 16.6. The molecule has 2 aromatic carbocycles. The molecule has 28 heavy (non-hydrogen) atoms. The smallest absolute Gasteiger partial charge is 0.295 e. The summed E-state index contributed by atoms with van der Waals surface area (Å²) in [6.45, 7) is 2.81. The van der Waals surface area contributed by atoms with Crippen molar-refractivity contribution in [3.05, 3.63) is 64.7 Å². The maximum Gasteiger partial charge on any atom is 0.295 e. The van der Waals surface area contributed by atoms with Crippen molar-refractivity contribution in [2.24, 2.45) is 0 Å². The van der Waals surface area contributed by atoms with E-state index in [4.69, 9.17) is 9.47 Å². The van der Waals surface area contributed by atoms with Crippen LogP contribution >= 0.6 is 0 Å². The Labute approximate surface area is 164 Å². The second kappa shape index (κ2) is 8.61. The number of hydrogen-bond donors (Lipinski definition) is 0. The second-order valence-electron chi connectivity index (χ2n) is 6.48. The van der Waals surface area contributed by atoms with E-state index in [2.05, 4.69) is 6.92 Å². The van der Waals surface area contributed by atoms with Gasteiger partial charge in [-0.15, -0.1) is 0 Å². The highest BCUT2D eigenvalue weighted by molar-refractivity contribution is 5.79. The van der Waals surface area contributed by atoms with Crippen LogP contribution < -0.4 is 9.47 Å². The summed E-state index contributed by atoms with van der Waals surface area (Å²) in [4.78, 5) is 11.5. The van der Waals surface area contributed by atoms with Crippen LogP contribution in [0.2, 0.25) is 0 Å². The molecule has 1 aromatic heterocycles. The molecular formula is C22H24N2O4. The lowest BCUT2D eigenvalue weighted by Crippen LogP contribution is -2.03. The molecule has 1 heterocycles. The highest BCUT2D eigenvalue weighted by Gasteiger charge is 2.25. The van der Waals surface area contributed by atoms with Gasteiger partial charge < -0.3 is 14.0 Å². The number of methoxy groups -OCH3 is 2. The summed E-state index contributed by atoms with van der Waals surface area (Å²) in [5.74, 6) is 1.47. The average Bonchev–Trinajstić information content (AvgIpc) is 3.12. The van der Waals surface area contributed by atoms with E-state index in [0.717, 1.165) is 35.4 Å². The lowest BCUT2D eigenvalue weighted by atomic mass is 10.1. The van der Waals surface area contributed by atoms with Crippen LogP contribution in [0.5, 0.6) is 11.5 Å². The molecule has 0 bridgehead atoms. The van der Waals surface area contributed by atoms with E-state index in [9.17, 15) is 10.1 Å². The maximum atomic E-state index is 11.8. The molecule has 0 radical (unpaired) electrons. The zero-order valence-corrected chi connectivity index (χ0v) is 16.3. The van der Waals surface area contributed by atoms with Crippen molar-refractivity contribution in [3.8, 4) is 34.0 Å². The lowest BCUT2D eigenvalue weighted by molar-refractivity contribution is -0.384. The largest absolute Gasteiger partial charge is 0.497 e. The molecule has 0 aliphatic heterocycles. The van der Waals surface area contributed by atoms with Gasteiger partial charge in [-0.2, -0.15) is 0 Å². The van der Waals surface area contributed by atoms with E-state index < -0.39 is 0 Å². The van der Waals surface area contributed by atoms with Crippen LogP contribution in [0.25, 0.3) is 22.5 Å². The molecule has 146 valence electrons. The summed E-state index contributed by atoms with van der Waals surface area (Å²) in [5.41, 5.74) is 3.26. The van der Waals surface area contributed by atoms with Crippen molar-refractivity contribution in [2.45, 2.75) is 26.3 Å². The van der Waals surface area contributed by atoms with E-state index in [1.807, 2.05) is 53.1 Å². The standard InChI is InChI=1S/C22H24N2O4/c1-4-5-14-23-20(16-6-10-18(27-2)11-7-16)15-21(24(25)26)22(23)17-8-12-19(28-3)13-9-17/h6-13,15H,4-5,14H2,1-3H3. The molecule has 0 aliphatic carbocycles. The number of nitrogens with zero attached hydrogens (tertiary/aromatic N) is 2. The first-order valence-electron chi connectivity index (χ1n) is 9.25. The summed E-state index contributed by atoms with van der Waals surface area (Å²) < 4.78 is 12.5. The van der Waals surface area contributed by atoms with Crippen LogP contribution in [0.1, 0.15) is 19.8 Å². The first-order chi connectivity index (χ1) is 13.6. The number of hydrogen-bond acceptors (Lipinski definition) is 4. The van der Waals surface area contributed by atoms with Crippen LogP contribution in [0.3, 0.4) is 0 Å². The quantitative estimate of drug-likeness (QED) is 0.380. The zero-order valence-electron chi connectivity index (χ0n) is 16.3. The highest BCUT2D eigenvalue weighted by atomic mass is 16.6. The first kappa shape index (κ1) is 19.5. The maximum absolute atomic E-state index is 11.8. The Hall–Kier alpha value is -3.28. The Morgan fingerprint density at radius 2 is 1.46 bits per heavy atom. The lowest BCUT2D eigenvalue weighted by Gasteiger charge is -2.13. The SMILES string of the molecule is CCCCn1c(-c2ccc(OC)cc2)cc([N+](=O)[O-])c1-c1ccc(OC)cc1. The van der Waals surface area contributed by atoms with E-state index in [1.54, 1.807) is 20.3 Å². The highest BCUT2D eigenvalue weighted by Crippen LogP contribution is 2.39. The Morgan fingerprint density at radius 3 is 1.93 bits per heavy atom. The molecule has 0 aliphatic rings. The normalized spacial score (nSPS) is 10.7. The minimum Gasteiger partial charge on any atom is -0.497 e. The third-order valence-corrected chi connectivity index (χ3v) is 4.76. The molecule has 0 atom stereocenters. The van der Waals surface area contributed by atoms with Crippen molar-refractivity contribution in [3.63, 3.8) is 0 Å². The molecule has 6 heteroatoms. The van der Waals surface area contributed by atoms with Crippen LogP contribution in [-0.2, 0) is 6.54 Å². The summed E-state index contributed by atoms with van der Waals surface area (Å²) in [7, 11) is 3.22. The number of rotatable bonds is 8. The molecule has 0 fully saturated rings. The molecule has 3 rings (SSSR count). The van der Waals surface area contributed by atoms with Crippen molar-refractivity contribution in [2.75, 3.05) is 14.2 Å². The minimum atomic E-state index is -0.310. The van der Waals surface area contributed by atoms with Crippen molar-refractivity contribution >= 4 is 5.69 Å².